The first-order valence-corrected chi connectivity index (χ1v) is 11.9. The molecule has 2 amide bonds. The Morgan fingerprint density at radius 3 is 2.29 bits per heavy atom. The Morgan fingerprint density at radius 1 is 1.00 bits per heavy atom. The molecule has 0 radical (unpaired) electrons. The summed E-state index contributed by atoms with van der Waals surface area (Å²) in [7, 11) is -3.56. The topological polar surface area (TPSA) is 95.6 Å². The van der Waals surface area contributed by atoms with E-state index in [2.05, 4.69) is 10.9 Å². The highest BCUT2D eigenvalue weighted by molar-refractivity contribution is 7.89. The van der Waals surface area contributed by atoms with E-state index in [1.54, 1.807) is 19.1 Å². The van der Waals surface area contributed by atoms with Gasteiger partial charge in [0.1, 0.15) is 5.82 Å². The number of rotatable bonds is 4. The van der Waals surface area contributed by atoms with E-state index in [4.69, 9.17) is 0 Å². The number of carbonyl (C=O) groups excluding carboxylic acids is 2. The fraction of sp³-hybridized carbons (Fsp3) is 0.238. The number of hydrogen-bond donors (Lipinski definition) is 2. The number of thiophene rings is 1. The molecule has 3 aromatic rings. The number of benzene rings is 2. The lowest BCUT2D eigenvalue weighted by Crippen LogP contribution is -2.41. The molecule has 1 aliphatic rings. The summed E-state index contributed by atoms with van der Waals surface area (Å²) >= 11 is 1.14. The van der Waals surface area contributed by atoms with Crippen LogP contribution in [0.3, 0.4) is 0 Å². The summed E-state index contributed by atoms with van der Waals surface area (Å²) in [5.41, 5.74) is 5.34. The molecule has 0 atom stereocenters. The summed E-state index contributed by atoms with van der Waals surface area (Å²) < 4.78 is 41.2. The highest BCUT2D eigenvalue weighted by Crippen LogP contribution is 2.32. The van der Waals surface area contributed by atoms with Crippen LogP contribution in [-0.4, -0.2) is 37.6 Å². The van der Waals surface area contributed by atoms with Crippen molar-refractivity contribution in [3.63, 3.8) is 0 Å². The monoisotopic (exact) mass is 461 g/mol. The van der Waals surface area contributed by atoms with E-state index in [9.17, 15) is 22.4 Å². The van der Waals surface area contributed by atoms with Crippen LogP contribution >= 0.6 is 11.3 Å². The highest BCUT2D eigenvalue weighted by atomic mass is 32.2. The van der Waals surface area contributed by atoms with Crippen molar-refractivity contribution >= 4 is 43.3 Å². The minimum atomic E-state index is -3.56. The van der Waals surface area contributed by atoms with E-state index in [-0.39, 0.29) is 10.5 Å². The first-order valence-electron chi connectivity index (χ1n) is 9.67. The van der Waals surface area contributed by atoms with Crippen LogP contribution in [0.5, 0.6) is 0 Å². The van der Waals surface area contributed by atoms with Crippen molar-refractivity contribution < 1.29 is 22.4 Å². The highest BCUT2D eigenvalue weighted by Gasteiger charge is 2.27. The van der Waals surface area contributed by atoms with Gasteiger partial charge in [0.05, 0.1) is 9.77 Å². The van der Waals surface area contributed by atoms with E-state index in [0.29, 0.717) is 33.6 Å². The molecule has 0 saturated carbocycles. The minimum Gasteiger partial charge on any atom is -0.267 e. The summed E-state index contributed by atoms with van der Waals surface area (Å²) in [6.07, 6.45) is 1.68. The molecule has 0 spiro atoms. The van der Waals surface area contributed by atoms with E-state index in [1.807, 2.05) is 0 Å². The Bertz CT molecular complexity index is 1260. The van der Waals surface area contributed by atoms with Gasteiger partial charge in [0.15, 0.2) is 0 Å². The Kier molecular flexibility index (Phi) is 5.78. The van der Waals surface area contributed by atoms with Crippen LogP contribution in [0.1, 0.15) is 38.4 Å². The van der Waals surface area contributed by atoms with Gasteiger partial charge in [-0.25, -0.2) is 12.8 Å². The second kappa shape index (κ2) is 8.37. The first-order chi connectivity index (χ1) is 14.8. The van der Waals surface area contributed by atoms with Gasteiger partial charge in [-0.05, 0) is 61.7 Å². The standard InChI is InChI=1S/C21H20FN3O4S2/c1-13-18-16(22)5-4-6-17(18)30-19(13)21(27)24-23-20(26)14-7-9-15(10-8-14)31(28,29)25-11-2-3-12-25/h4-10H,2-3,11-12H2,1H3,(H,23,26)(H,24,27). The zero-order valence-corrected chi connectivity index (χ0v) is 18.3. The normalized spacial score (nSPS) is 14.6. The lowest BCUT2D eigenvalue weighted by atomic mass is 10.1. The van der Waals surface area contributed by atoms with Gasteiger partial charge in [0.25, 0.3) is 11.8 Å². The third-order valence-electron chi connectivity index (χ3n) is 5.22. The maximum absolute atomic E-state index is 14.0. The van der Waals surface area contributed by atoms with Gasteiger partial charge in [0.2, 0.25) is 10.0 Å². The van der Waals surface area contributed by atoms with Gasteiger partial charge in [0, 0.05) is 28.7 Å². The lowest BCUT2D eigenvalue weighted by Gasteiger charge is -2.15. The maximum atomic E-state index is 14.0. The molecule has 0 aliphatic carbocycles. The summed E-state index contributed by atoms with van der Waals surface area (Å²) in [5.74, 6) is -1.55. The van der Waals surface area contributed by atoms with Gasteiger partial charge >= 0.3 is 0 Å². The average molecular weight is 462 g/mol. The van der Waals surface area contributed by atoms with Crippen LogP contribution in [0.15, 0.2) is 47.4 Å². The fourth-order valence-corrected chi connectivity index (χ4v) is 6.20. The third kappa shape index (κ3) is 4.06. The van der Waals surface area contributed by atoms with Crippen LogP contribution in [0.2, 0.25) is 0 Å². The third-order valence-corrected chi connectivity index (χ3v) is 8.39. The molecule has 2 aromatic carbocycles. The second-order valence-electron chi connectivity index (χ2n) is 7.21. The van der Waals surface area contributed by atoms with Crippen LogP contribution in [0, 0.1) is 12.7 Å². The van der Waals surface area contributed by atoms with E-state index < -0.39 is 27.7 Å². The predicted molar refractivity (Wildman–Crippen MR) is 116 cm³/mol. The fourth-order valence-electron chi connectivity index (χ4n) is 3.57. The number of hydrogen-bond acceptors (Lipinski definition) is 5. The molecule has 4 rings (SSSR count). The molecule has 2 N–H and O–H groups in total. The summed E-state index contributed by atoms with van der Waals surface area (Å²) in [6.45, 7) is 2.65. The molecule has 1 saturated heterocycles. The van der Waals surface area contributed by atoms with Crippen LogP contribution < -0.4 is 10.9 Å². The number of sulfonamides is 1. The van der Waals surface area contributed by atoms with Crippen molar-refractivity contribution in [2.75, 3.05) is 13.1 Å². The Hall–Kier alpha value is -2.82. The van der Waals surface area contributed by atoms with Crippen molar-refractivity contribution in [2.24, 2.45) is 0 Å². The molecule has 1 aliphatic heterocycles. The summed E-state index contributed by atoms with van der Waals surface area (Å²) in [6, 6.07) is 10.2. The number of nitrogens with one attached hydrogen (secondary N) is 2. The van der Waals surface area contributed by atoms with Crippen molar-refractivity contribution in [3.05, 3.63) is 64.3 Å². The number of carbonyl (C=O) groups is 2. The number of fused-ring (bicyclic) bond motifs is 1. The van der Waals surface area contributed by atoms with Crippen LogP contribution in [0.25, 0.3) is 10.1 Å². The van der Waals surface area contributed by atoms with Crippen molar-refractivity contribution in [2.45, 2.75) is 24.7 Å². The van der Waals surface area contributed by atoms with Gasteiger partial charge in [-0.15, -0.1) is 11.3 Å². The quantitative estimate of drug-likeness (QED) is 0.584. The van der Waals surface area contributed by atoms with E-state index in [0.717, 1.165) is 24.2 Å². The smallest absolute Gasteiger partial charge is 0.267 e. The molecule has 0 bridgehead atoms. The van der Waals surface area contributed by atoms with E-state index in [1.165, 1.54) is 34.6 Å². The molecule has 31 heavy (non-hydrogen) atoms. The van der Waals surface area contributed by atoms with Crippen molar-refractivity contribution in [3.8, 4) is 0 Å². The Morgan fingerprint density at radius 2 is 1.65 bits per heavy atom. The Labute approximate surface area is 182 Å². The summed E-state index contributed by atoms with van der Waals surface area (Å²) in [5, 5.41) is 0.388. The molecule has 0 unspecified atom stereocenters. The zero-order valence-electron chi connectivity index (χ0n) is 16.6. The molecule has 1 aromatic heterocycles. The SMILES string of the molecule is Cc1c(C(=O)NNC(=O)c2ccc(S(=O)(=O)N3CCCC3)cc2)sc2cccc(F)c12. The first kappa shape index (κ1) is 21.4. The van der Waals surface area contributed by atoms with Crippen LogP contribution in [0.4, 0.5) is 4.39 Å². The van der Waals surface area contributed by atoms with Crippen LogP contribution in [-0.2, 0) is 10.0 Å². The number of amides is 2. The Balaban J connectivity index is 1.44. The molecular weight excluding hydrogens is 441 g/mol. The number of halogens is 1. The molecule has 10 heteroatoms. The number of hydrazine groups is 1. The molecule has 1 fully saturated rings. The van der Waals surface area contributed by atoms with E-state index >= 15 is 0 Å². The number of nitrogens with zero attached hydrogens (tertiary/aromatic N) is 1. The molecular formula is C21H20FN3O4S2. The van der Waals surface area contributed by atoms with Gasteiger partial charge in [-0.3, -0.25) is 20.4 Å². The molecule has 7 nitrogen and oxygen atoms in total. The van der Waals surface area contributed by atoms with Crippen molar-refractivity contribution in [1.82, 2.24) is 15.2 Å². The van der Waals surface area contributed by atoms with Gasteiger partial charge in [-0.2, -0.15) is 4.31 Å². The van der Waals surface area contributed by atoms with Crippen molar-refractivity contribution in [1.29, 1.82) is 0 Å². The van der Waals surface area contributed by atoms with Gasteiger partial charge < -0.3 is 0 Å². The average Bonchev–Trinajstić information content (AvgIpc) is 3.41. The maximum Gasteiger partial charge on any atom is 0.280 e. The number of aryl methyl sites for hydroxylation is 1. The molecule has 162 valence electrons. The lowest BCUT2D eigenvalue weighted by molar-refractivity contribution is 0.0848. The zero-order chi connectivity index (χ0) is 22.2. The molecule has 2 heterocycles. The second-order valence-corrected chi connectivity index (χ2v) is 10.2. The summed E-state index contributed by atoms with van der Waals surface area (Å²) in [4.78, 5) is 25.3. The largest absolute Gasteiger partial charge is 0.280 e. The predicted octanol–water partition coefficient (Wildman–Crippen LogP) is 3.21. The van der Waals surface area contributed by atoms with Gasteiger partial charge in [-0.1, -0.05) is 6.07 Å². The minimum absolute atomic E-state index is 0.123.